The fraction of sp³-hybridized carbons (Fsp3) is 0.417. The molecule has 8 heteroatoms. The van der Waals surface area contributed by atoms with E-state index in [0.717, 1.165) is 19.5 Å². The Labute approximate surface area is 118 Å². The molecule has 1 aromatic carbocycles. The molecule has 0 unspecified atom stereocenters. The van der Waals surface area contributed by atoms with Gasteiger partial charge in [-0.1, -0.05) is 6.07 Å². The maximum Gasteiger partial charge on any atom is 0.238 e. The Morgan fingerprint density at radius 3 is 2.85 bits per heavy atom. The fourth-order valence-electron chi connectivity index (χ4n) is 2.19. The first-order valence-corrected chi connectivity index (χ1v) is 7.83. The normalized spacial score (nSPS) is 19.8. The molecule has 0 spiro atoms. The van der Waals surface area contributed by atoms with Crippen LogP contribution in [0.2, 0.25) is 0 Å². The van der Waals surface area contributed by atoms with Gasteiger partial charge in [-0.15, -0.1) is 0 Å². The van der Waals surface area contributed by atoms with Crippen LogP contribution in [-0.2, 0) is 10.0 Å². The number of likely N-dealkylation sites (tertiary alicyclic amines) is 1. The Kier molecular flexibility index (Phi) is 4.26. The first-order chi connectivity index (χ1) is 9.34. The molecule has 1 saturated heterocycles. The van der Waals surface area contributed by atoms with Crippen molar-refractivity contribution in [3.8, 4) is 0 Å². The molecule has 7 nitrogen and oxygen atoms in total. The summed E-state index contributed by atoms with van der Waals surface area (Å²) in [5.74, 6) is 0.150. The molecular formula is C12H19N5O2S. The predicted octanol–water partition coefficient (Wildman–Crippen LogP) is -0.0256. The van der Waals surface area contributed by atoms with E-state index in [4.69, 9.17) is 10.5 Å². The van der Waals surface area contributed by atoms with Crippen molar-refractivity contribution in [1.82, 2.24) is 10.2 Å². The Morgan fingerprint density at radius 1 is 1.50 bits per heavy atom. The van der Waals surface area contributed by atoms with Gasteiger partial charge in [0.2, 0.25) is 10.0 Å². The SMILES string of the molecule is CN1CC[C@@H](NC(=N)Nc2cccc(S(N)(=O)=O)c2)C1. The summed E-state index contributed by atoms with van der Waals surface area (Å²) in [4.78, 5) is 2.21. The molecule has 20 heavy (non-hydrogen) atoms. The van der Waals surface area contributed by atoms with Crippen molar-refractivity contribution in [3.05, 3.63) is 24.3 Å². The molecule has 1 aromatic rings. The Hall–Kier alpha value is -1.64. The van der Waals surface area contributed by atoms with Crippen LogP contribution < -0.4 is 15.8 Å². The van der Waals surface area contributed by atoms with E-state index in [9.17, 15) is 8.42 Å². The summed E-state index contributed by atoms with van der Waals surface area (Å²) >= 11 is 0. The zero-order chi connectivity index (χ0) is 14.8. The van der Waals surface area contributed by atoms with Gasteiger partial charge in [-0.05, 0) is 38.2 Å². The highest BCUT2D eigenvalue weighted by atomic mass is 32.2. The average molecular weight is 297 g/mol. The minimum absolute atomic E-state index is 0.0240. The number of sulfonamides is 1. The van der Waals surface area contributed by atoms with E-state index in [0.29, 0.717) is 5.69 Å². The van der Waals surface area contributed by atoms with Crippen molar-refractivity contribution >= 4 is 21.7 Å². The van der Waals surface area contributed by atoms with Gasteiger partial charge in [0, 0.05) is 18.3 Å². The molecule has 0 saturated carbocycles. The van der Waals surface area contributed by atoms with Crippen LogP contribution in [0.4, 0.5) is 5.69 Å². The van der Waals surface area contributed by atoms with E-state index in [1.807, 2.05) is 7.05 Å². The Balaban J connectivity index is 1.98. The first kappa shape index (κ1) is 14.8. The van der Waals surface area contributed by atoms with E-state index >= 15 is 0 Å². The van der Waals surface area contributed by atoms with Crippen LogP contribution in [0.3, 0.4) is 0 Å². The molecule has 0 aliphatic carbocycles. The maximum absolute atomic E-state index is 11.3. The van der Waals surface area contributed by atoms with Gasteiger partial charge in [-0.2, -0.15) is 0 Å². The Bertz CT molecular complexity index is 602. The van der Waals surface area contributed by atoms with Gasteiger partial charge >= 0.3 is 0 Å². The lowest BCUT2D eigenvalue weighted by molar-refractivity contribution is 0.407. The highest BCUT2D eigenvalue weighted by Gasteiger charge is 2.19. The summed E-state index contributed by atoms with van der Waals surface area (Å²) in [7, 11) is -1.69. The van der Waals surface area contributed by atoms with Crippen LogP contribution in [0, 0.1) is 5.41 Å². The molecule has 0 bridgehead atoms. The second-order valence-corrected chi connectivity index (χ2v) is 6.53. The smallest absolute Gasteiger partial charge is 0.238 e. The molecule has 1 fully saturated rings. The minimum Gasteiger partial charge on any atom is -0.352 e. The van der Waals surface area contributed by atoms with Gasteiger partial charge in [0.05, 0.1) is 4.90 Å². The molecule has 0 aromatic heterocycles. The molecular weight excluding hydrogens is 278 g/mol. The average Bonchev–Trinajstić information content (AvgIpc) is 2.73. The fourth-order valence-corrected chi connectivity index (χ4v) is 2.75. The van der Waals surface area contributed by atoms with Crippen LogP contribution in [0.15, 0.2) is 29.2 Å². The number of primary sulfonamides is 1. The van der Waals surface area contributed by atoms with Gasteiger partial charge in [-0.3, -0.25) is 5.41 Å². The van der Waals surface area contributed by atoms with Crippen molar-refractivity contribution in [2.24, 2.45) is 5.14 Å². The summed E-state index contributed by atoms with van der Waals surface area (Å²) in [6, 6.07) is 6.33. The number of nitrogens with zero attached hydrogens (tertiary/aromatic N) is 1. The second-order valence-electron chi connectivity index (χ2n) is 4.97. The topological polar surface area (TPSA) is 111 Å². The van der Waals surface area contributed by atoms with Gasteiger partial charge in [-0.25, -0.2) is 13.6 Å². The lowest BCUT2D eigenvalue weighted by Crippen LogP contribution is -2.39. The quantitative estimate of drug-likeness (QED) is 0.462. The number of benzene rings is 1. The third kappa shape index (κ3) is 3.92. The largest absolute Gasteiger partial charge is 0.352 e. The summed E-state index contributed by atoms with van der Waals surface area (Å²) < 4.78 is 22.5. The summed E-state index contributed by atoms with van der Waals surface area (Å²) in [5, 5.41) is 18.8. The van der Waals surface area contributed by atoms with Crippen molar-refractivity contribution in [1.29, 1.82) is 5.41 Å². The van der Waals surface area contributed by atoms with Crippen LogP contribution in [0.1, 0.15) is 6.42 Å². The van der Waals surface area contributed by atoms with Gasteiger partial charge < -0.3 is 15.5 Å². The van der Waals surface area contributed by atoms with E-state index in [1.165, 1.54) is 12.1 Å². The Morgan fingerprint density at radius 2 is 2.25 bits per heavy atom. The van der Waals surface area contributed by atoms with Crippen LogP contribution in [0.25, 0.3) is 0 Å². The number of nitrogens with two attached hydrogens (primary N) is 1. The number of hydrogen-bond donors (Lipinski definition) is 4. The molecule has 5 N–H and O–H groups in total. The molecule has 1 heterocycles. The first-order valence-electron chi connectivity index (χ1n) is 6.28. The molecule has 1 atom stereocenters. The molecule has 1 aliphatic heterocycles. The van der Waals surface area contributed by atoms with Crippen molar-refractivity contribution in [3.63, 3.8) is 0 Å². The molecule has 1 aliphatic rings. The zero-order valence-corrected chi connectivity index (χ0v) is 12.1. The second kappa shape index (κ2) is 5.78. The third-order valence-electron chi connectivity index (χ3n) is 3.17. The van der Waals surface area contributed by atoms with Crippen LogP contribution in [0.5, 0.6) is 0 Å². The number of anilines is 1. The van der Waals surface area contributed by atoms with Crippen LogP contribution in [-0.4, -0.2) is 45.5 Å². The number of hydrogen-bond acceptors (Lipinski definition) is 4. The summed E-state index contributed by atoms with van der Waals surface area (Å²) in [6.45, 7) is 1.90. The predicted molar refractivity (Wildman–Crippen MR) is 78.2 cm³/mol. The van der Waals surface area contributed by atoms with Gasteiger partial charge in [0.1, 0.15) is 0 Å². The number of likely N-dealkylation sites (N-methyl/N-ethyl adjacent to an activating group) is 1. The highest BCUT2D eigenvalue weighted by Crippen LogP contribution is 2.14. The molecule has 0 amide bonds. The number of nitrogens with one attached hydrogen (secondary N) is 3. The van der Waals surface area contributed by atoms with Gasteiger partial charge in [0.25, 0.3) is 0 Å². The number of guanidine groups is 1. The molecule has 2 rings (SSSR count). The van der Waals surface area contributed by atoms with E-state index in [-0.39, 0.29) is 16.9 Å². The zero-order valence-electron chi connectivity index (χ0n) is 11.3. The van der Waals surface area contributed by atoms with Crippen molar-refractivity contribution in [2.75, 3.05) is 25.5 Å². The van der Waals surface area contributed by atoms with Crippen LogP contribution >= 0.6 is 0 Å². The van der Waals surface area contributed by atoms with E-state index < -0.39 is 10.0 Å². The standard InChI is InChI=1S/C12H19N5O2S/c1-17-6-5-10(8-17)16-12(13)15-9-3-2-4-11(7-9)20(14,18)19/h2-4,7,10H,5-6,8H2,1H3,(H3,13,15,16)(H2,14,18,19)/t10-/m1/s1. The van der Waals surface area contributed by atoms with Crippen molar-refractivity contribution < 1.29 is 8.42 Å². The van der Waals surface area contributed by atoms with E-state index in [1.54, 1.807) is 12.1 Å². The minimum atomic E-state index is -3.73. The third-order valence-corrected chi connectivity index (χ3v) is 4.08. The lowest BCUT2D eigenvalue weighted by Gasteiger charge is -2.16. The number of rotatable bonds is 3. The lowest BCUT2D eigenvalue weighted by atomic mass is 10.3. The summed E-state index contributed by atoms with van der Waals surface area (Å²) in [6.07, 6.45) is 0.984. The van der Waals surface area contributed by atoms with Gasteiger partial charge in [0.15, 0.2) is 5.96 Å². The highest BCUT2D eigenvalue weighted by molar-refractivity contribution is 7.89. The monoisotopic (exact) mass is 297 g/mol. The molecule has 0 radical (unpaired) electrons. The maximum atomic E-state index is 11.3. The van der Waals surface area contributed by atoms with Crippen molar-refractivity contribution in [2.45, 2.75) is 17.4 Å². The molecule has 110 valence electrons. The van der Waals surface area contributed by atoms with E-state index in [2.05, 4.69) is 15.5 Å². The summed E-state index contributed by atoms with van der Waals surface area (Å²) in [5.41, 5.74) is 0.514.